The van der Waals surface area contributed by atoms with Crippen molar-refractivity contribution in [2.45, 2.75) is 23.4 Å². The third-order valence-corrected chi connectivity index (χ3v) is 7.51. The summed E-state index contributed by atoms with van der Waals surface area (Å²) in [6.45, 7) is -2.49. The second kappa shape index (κ2) is 11.4. The fourth-order valence-electron chi connectivity index (χ4n) is 4.52. The van der Waals surface area contributed by atoms with Crippen LogP contribution in [0.25, 0.3) is 11.0 Å². The van der Waals surface area contributed by atoms with Crippen LogP contribution in [-0.2, 0) is 17.1 Å². The molecule has 2 aromatic carbocycles. The van der Waals surface area contributed by atoms with Crippen molar-refractivity contribution in [2.75, 3.05) is 37.1 Å². The van der Waals surface area contributed by atoms with Gasteiger partial charge in [-0.1, -0.05) is 12.1 Å². The first-order valence-corrected chi connectivity index (χ1v) is 13.2. The number of hydrogen-bond donors (Lipinski definition) is 0. The predicted molar refractivity (Wildman–Crippen MR) is 144 cm³/mol. The van der Waals surface area contributed by atoms with Crippen molar-refractivity contribution in [3.8, 4) is 11.6 Å². The Bertz CT molecular complexity index is 1580. The second-order valence-electron chi connectivity index (χ2n) is 9.17. The molecule has 5 rings (SSSR count). The summed E-state index contributed by atoms with van der Waals surface area (Å²) < 4.78 is 80.9. The Balaban J connectivity index is 1.47. The number of anilines is 2. The minimum atomic E-state index is -4.68. The van der Waals surface area contributed by atoms with Crippen LogP contribution in [0.2, 0.25) is 0 Å². The Kier molecular flexibility index (Phi) is 7.89. The molecule has 41 heavy (non-hydrogen) atoms. The maximum atomic E-state index is 15.3. The Morgan fingerprint density at radius 2 is 1.71 bits per heavy atom. The Labute approximate surface area is 235 Å². The quantitative estimate of drug-likeness (QED) is 0.181. The molecule has 2 aromatic heterocycles. The van der Waals surface area contributed by atoms with E-state index in [1.165, 1.54) is 48.0 Å². The minimum absolute atomic E-state index is 0.134. The van der Waals surface area contributed by atoms with Crippen molar-refractivity contribution in [1.29, 1.82) is 0 Å². The predicted octanol–water partition coefficient (Wildman–Crippen LogP) is 6.13. The fraction of sp³-hybridized carbons (Fsp3) is 0.250. The number of rotatable bonds is 8. The summed E-state index contributed by atoms with van der Waals surface area (Å²) in [6, 6.07) is 12.7. The SMILES string of the molecule is COc1ccc(CSc2cc(F)c(CN3CC(=O)N(CC(F)(F)F)c4cnc5nc(OC)ccc5c43)c(F)c2)cc1. The Morgan fingerprint density at radius 3 is 2.34 bits per heavy atom. The number of ether oxygens (including phenoxy) is 2. The van der Waals surface area contributed by atoms with E-state index in [0.717, 1.165) is 11.8 Å². The molecule has 0 N–H and O–H groups in total. The maximum Gasteiger partial charge on any atom is 0.406 e. The largest absolute Gasteiger partial charge is 0.497 e. The molecule has 0 bridgehead atoms. The highest BCUT2D eigenvalue weighted by Gasteiger charge is 2.39. The van der Waals surface area contributed by atoms with Crippen LogP contribution in [-0.4, -0.2) is 49.4 Å². The molecule has 1 amide bonds. The lowest BCUT2D eigenvalue weighted by Crippen LogP contribution is -2.49. The summed E-state index contributed by atoms with van der Waals surface area (Å²) in [6.07, 6.45) is -3.58. The smallest absolute Gasteiger partial charge is 0.406 e. The number of amides is 1. The maximum absolute atomic E-state index is 15.3. The van der Waals surface area contributed by atoms with Crippen LogP contribution in [0, 0.1) is 11.6 Å². The molecule has 0 fully saturated rings. The number of carbonyl (C=O) groups excluding carboxylic acids is 1. The third-order valence-electron chi connectivity index (χ3n) is 6.47. The van der Waals surface area contributed by atoms with Crippen molar-refractivity contribution < 1.29 is 36.2 Å². The zero-order valence-corrected chi connectivity index (χ0v) is 22.7. The van der Waals surface area contributed by atoms with Crippen molar-refractivity contribution in [3.63, 3.8) is 0 Å². The van der Waals surface area contributed by atoms with Gasteiger partial charge in [-0.25, -0.2) is 13.8 Å². The van der Waals surface area contributed by atoms with Gasteiger partial charge in [0.2, 0.25) is 11.8 Å². The molecule has 1 aliphatic heterocycles. The van der Waals surface area contributed by atoms with E-state index >= 15 is 8.78 Å². The van der Waals surface area contributed by atoms with Crippen LogP contribution in [0.15, 0.2) is 59.6 Å². The van der Waals surface area contributed by atoms with Crippen LogP contribution in [0.4, 0.5) is 33.3 Å². The zero-order chi connectivity index (χ0) is 29.3. The van der Waals surface area contributed by atoms with Crippen LogP contribution < -0.4 is 19.3 Å². The number of thioether (sulfide) groups is 1. The monoisotopic (exact) mass is 590 g/mol. The lowest BCUT2D eigenvalue weighted by Gasteiger charge is -2.38. The number of halogens is 5. The average molecular weight is 591 g/mol. The molecule has 0 saturated carbocycles. The van der Waals surface area contributed by atoms with Crippen LogP contribution in [0.3, 0.4) is 0 Å². The van der Waals surface area contributed by atoms with Gasteiger partial charge in [0.05, 0.1) is 38.3 Å². The normalized spacial score (nSPS) is 13.5. The van der Waals surface area contributed by atoms with E-state index in [1.54, 1.807) is 19.2 Å². The van der Waals surface area contributed by atoms with Gasteiger partial charge in [0.15, 0.2) is 5.65 Å². The highest BCUT2D eigenvalue weighted by molar-refractivity contribution is 7.98. The first kappa shape index (κ1) is 28.4. The summed E-state index contributed by atoms with van der Waals surface area (Å²) in [7, 11) is 2.95. The van der Waals surface area contributed by atoms with E-state index in [0.29, 0.717) is 26.7 Å². The molecule has 0 spiro atoms. The number of aromatic nitrogens is 2. The van der Waals surface area contributed by atoms with Gasteiger partial charge in [-0.15, -0.1) is 11.8 Å². The van der Waals surface area contributed by atoms with Crippen LogP contribution >= 0.6 is 11.8 Å². The molecular weight excluding hydrogens is 567 g/mol. The number of pyridine rings is 2. The molecule has 0 aliphatic carbocycles. The zero-order valence-electron chi connectivity index (χ0n) is 21.8. The van der Waals surface area contributed by atoms with E-state index < -0.39 is 43.4 Å². The van der Waals surface area contributed by atoms with Gasteiger partial charge in [-0.3, -0.25) is 9.69 Å². The van der Waals surface area contributed by atoms with Crippen LogP contribution in [0.1, 0.15) is 11.1 Å². The van der Waals surface area contributed by atoms with Crippen molar-refractivity contribution in [3.05, 3.63) is 77.5 Å². The van der Waals surface area contributed by atoms with Gasteiger partial charge in [-0.2, -0.15) is 18.2 Å². The molecular formula is C28H23F5N4O3S. The molecule has 0 radical (unpaired) electrons. The topological polar surface area (TPSA) is 67.8 Å². The van der Waals surface area contributed by atoms with Crippen LogP contribution in [0.5, 0.6) is 11.6 Å². The van der Waals surface area contributed by atoms with E-state index in [-0.39, 0.29) is 28.5 Å². The number of fused-ring (bicyclic) bond motifs is 3. The van der Waals surface area contributed by atoms with Gasteiger partial charge in [0.25, 0.3) is 0 Å². The minimum Gasteiger partial charge on any atom is -0.497 e. The molecule has 0 saturated heterocycles. The summed E-state index contributed by atoms with van der Waals surface area (Å²) in [5.74, 6) is -1.20. The standard InChI is InChI=1S/C28H23F5N4O3S/c1-39-17-5-3-16(4-6-17)14-41-18-9-21(29)20(22(30)10-18)12-36-13-25(38)37(15-28(31,32)33)23-11-34-27-19(26(23)36)7-8-24(35-27)40-2/h3-11H,12-15H2,1-2H3. The van der Waals surface area contributed by atoms with E-state index in [4.69, 9.17) is 9.47 Å². The fourth-order valence-corrected chi connectivity index (χ4v) is 5.42. The van der Waals surface area contributed by atoms with Gasteiger partial charge >= 0.3 is 6.18 Å². The summed E-state index contributed by atoms with van der Waals surface area (Å²) in [5.41, 5.74) is 0.767. The van der Waals surface area contributed by atoms with Gasteiger partial charge < -0.3 is 14.4 Å². The highest BCUT2D eigenvalue weighted by atomic mass is 32.2. The first-order chi connectivity index (χ1) is 19.6. The van der Waals surface area contributed by atoms with Crippen molar-refractivity contribution in [1.82, 2.24) is 9.97 Å². The number of hydrogen-bond acceptors (Lipinski definition) is 7. The lowest BCUT2D eigenvalue weighted by atomic mass is 10.1. The van der Waals surface area contributed by atoms with Gasteiger partial charge in [0.1, 0.15) is 23.9 Å². The Morgan fingerprint density at radius 1 is 1.00 bits per heavy atom. The van der Waals surface area contributed by atoms with Gasteiger partial charge in [-0.05, 0) is 35.9 Å². The highest BCUT2D eigenvalue weighted by Crippen LogP contribution is 2.41. The summed E-state index contributed by atoms with van der Waals surface area (Å²) in [5, 5.41) is 0.301. The molecule has 7 nitrogen and oxygen atoms in total. The first-order valence-electron chi connectivity index (χ1n) is 12.3. The number of methoxy groups -OCH3 is 2. The van der Waals surface area contributed by atoms with Crippen molar-refractivity contribution in [2.24, 2.45) is 0 Å². The lowest BCUT2D eigenvalue weighted by molar-refractivity contribution is -0.132. The number of nitrogens with zero attached hydrogens (tertiary/aromatic N) is 4. The number of alkyl halides is 3. The van der Waals surface area contributed by atoms with E-state index in [9.17, 15) is 18.0 Å². The molecule has 1 aliphatic rings. The Hall–Kier alpha value is -4.13. The molecule has 214 valence electrons. The molecule has 3 heterocycles. The summed E-state index contributed by atoms with van der Waals surface area (Å²) >= 11 is 1.24. The third kappa shape index (κ3) is 6.14. The van der Waals surface area contributed by atoms with Gasteiger partial charge in [0, 0.05) is 34.2 Å². The average Bonchev–Trinajstić information content (AvgIpc) is 2.94. The number of benzene rings is 2. The van der Waals surface area contributed by atoms with Crippen molar-refractivity contribution >= 4 is 40.1 Å². The second-order valence-corrected chi connectivity index (χ2v) is 10.2. The number of carbonyl (C=O) groups is 1. The molecule has 0 atom stereocenters. The van der Waals surface area contributed by atoms with E-state index in [2.05, 4.69) is 9.97 Å². The molecule has 4 aromatic rings. The van der Waals surface area contributed by atoms with E-state index in [1.807, 2.05) is 12.1 Å². The molecule has 0 unspecified atom stereocenters. The summed E-state index contributed by atoms with van der Waals surface area (Å²) in [4.78, 5) is 23.5. The molecule has 13 heteroatoms.